The first-order valence-corrected chi connectivity index (χ1v) is 9.45. The molecule has 0 aliphatic carbocycles. The number of benzene rings is 3. The number of hydrogen-bond acceptors (Lipinski definition) is 3. The molecule has 0 fully saturated rings. The van der Waals surface area contributed by atoms with Crippen LogP contribution in [0.5, 0.6) is 5.75 Å². The average molecular weight is 407 g/mol. The number of rotatable bonds is 4. The highest BCUT2D eigenvalue weighted by atomic mass is 35.5. The molecule has 3 nitrogen and oxygen atoms in total. The van der Waals surface area contributed by atoms with Crippen LogP contribution >= 0.6 is 23.2 Å². The van der Waals surface area contributed by atoms with E-state index in [1.807, 2.05) is 78.9 Å². The first-order valence-electron chi connectivity index (χ1n) is 8.69. The van der Waals surface area contributed by atoms with Gasteiger partial charge < -0.3 is 4.74 Å². The molecule has 0 unspecified atom stereocenters. The predicted molar refractivity (Wildman–Crippen MR) is 115 cm³/mol. The number of hydrogen-bond donors (Lipinski definition) is 0. The maximum absolute atomic E-state index is 6.44. The SMILES string of the molecule is COc1ccc(-c2cc(-c3ccccc3Cl)nnc2-c2ccccc2Cl)cc1. The Balaban J connectivity index is 1.94. The number of methoxy groups -OCH3 is 1. The van der Waals surface area contributed by atoms with Crippen molar-refractivity contribution in [2.75, 3.05) is 7.11 Å². The summed E-state index contributed by atoms with van der Waals surface area (Å²) in [5.41, 5.74) is 4.98. The van der Waals surface area contributed by atoms with Crippen molar-refractivity contribution in [2.24, 2.45) is 0 Å². The Morgan fingerprint density at radius 1 is 0.679 bits per heavy atom. The molecule has 1 aromatic heterocycles. The highest BCUT2D eigenvalue weighted by Gasteiger charge is 2.16. The van der Waals surface area contributed by atoms with Gasteiger partial charge in [0.2, 0.25) is 0 Å². The largest absolute Gasteiger partial charge is 0.497 e. The lowest BCUT2D eigenvalue weighted by molar-refractivity contribution is 0.415. The minimum Gasteiger partial charge on any atom is -0.497 e. The highest BCUT2D eigenvalue weighted by Crippen LogP contribution is 2.37. The molecule has 0 aliphatic heterocycles. The normalized spacial score (nSPS) is 10.7. The molecule has 0 radical (unpaired) electrons. The molecule has 0 amide bonds. The van der Waals surface area contributed by atoms with Crippen molar-refractivity contribution in [3.05, 3.63) is 88.9 Å². The Labute approximate surface area is 173 Å². The van der Waals surface area contributed by atoms with Crippen LogP contribution in [0.3, 0.4) is 0 Å². The molecule has 3 aromatic carbocycles. The van der Waals surface area contributed by atoms with Gasteiger partial charge in [0.05, 0.1) is 22.8 Å². The van der Waals surface area contributed by atoms with Gasteiger partial charge in [-0.25, -0.2) is 0 Å². The molecule has 1 heterocycles. The predicted octanol–water partition coefficient (Wildman–Crippen LogP) is 6.79. The monoisotopic (exact) mass is 406 g/mol. The fourth-order valence-corrected chi connectivity index (χ4v) is 3.49. The van der Waals surface area contributed by atoms with Crippen LogP contribution in [0.15, 0.2) is 78.9 Å². The van der Waals surface area contributed by atoms with Gasteiger partial charge in [-0.05, 0) is 35.9 Å². The van der Waals surface area contributed by atoms with Gasteiger partial charge in [0, 0.05) is 16.7 Å². The van der Waals surface area contributed by atoms with Gasteiger partial charge in [-0.3, -0.25) is 0 Å². The Bertz CT molecular complexity index is 1130. The molecule has 0 spiro atoms. The standard InChI is InChI=1S/C23H16Cl2N2O/c1-28-16-12-10-15(11-13-16)19-14-22(17-6-2-4-8-20(17)24)26-27-23(19)18-7-3-5-9-21(18)25/h2-14H,1H3. The van der Waals surface area contributed by atoms with Crippen LogP contribution in [0.4, 0.5) is 0 Å². The van der Waals surface area contributed by atoms with E-state index in [1.165, 1.54) is 0 Å². The third-order valence-electron chi connectivity index (χ3n) is 4.47. The van der Waals surface area contributed by atoms with Crippen LogP contribution in [-0.2, 0) is 0 Å². The second kappa shape index (κ2) is 8.01. The summed E-state index contributed by atoms with van der Waals surface area (Å²) in [6.45, 7) is 0. The molecule has 5 heteroatoms. The fraction of sp³-hybridized carbons (Fsp3) is 0.0435. The van der Waals surface area contributed by atoms with Crippen LogP contribution in [0.25, 0.3) is 33.6 Å². The van der Waals surface area contributed by atoms with Gasteiger partial charge in [0.15, 0.2) is 0 Å². The third-order valence-corrected chi connectivity index (χ3v) is 5.13. The minimum atomic E-state index is 0.622. The molecule has 28 heavy (non-hydrogen) atoms. The van der Waals surface area contributed by atoms with E-state index in [1.54, 1.807) is 7.11 Å². The summed E-state index contributed by atoms with van der Waals surface area (Å²) in [6, 6.07) is 25.0. The topological polar surface area (TPSA) is 35.0 Å². The average Bonchev–Trinajstić information content (AvgIpc) is 2.74. The summed E-state index contributed by atoms with van der Waals surface area (Å²) in [4.78, 5) is 0. The van der Waals surface area contributed by atoms with Crippen molar-refractivity contribution >= 4 is 23.2 Å². The zero-order chi connectivity index (χ0) is 19.5. The summed E-state index contributed by atoms with van der Waals surface area (Å²) >= 11 is 12.8. The van der Waals surface area contributed by atoms with E-state index in [9.17, 15) is 0 Å². The summed E-state index contributed by atoms with van der Waals surface area (Å²) in [7, 11) is 1.65. The lowest BCUT2D eigenvalue weighted by Crippen LogP contribution is -1.96. The number of ether oxygens (including phenoxy) is 1. The minimum absolute atomic E-state index is 0.622. The summed E-state index contributed by atoms with van der Waals surface area (Å²) < 4.78 is 5.28. The van der Waals surface area contributed by atoms with Crippen LogP contribution in [0.2, 0.25) is 10.0 Å². The Hall–Kier alpha value is -2.88. The van der Waals surface area contributed by atoms with E-state index in [-0.39, 0.29) is 0 Å². The Kier molecular flexibility index (Phi) is 5.29. The summed E-state index contributed by atoms with van der Waals surface area (Å²) in [6.07, 6.45) is 0. The first kappa shape index (κ1) is 18.5. The molecular weight excluding hydrogens is 391 g/mol. The van der Waals surface area contributed by atoms with Gasteiger partial charge >= 0.3 is 0 Å². The maximum Gasteiger partial charge on any atom is 0.118 e. The number of halogens is 2. The third kappa shape index (κ3) is 3.59. The second-order valence-electron chi connectivity index (χ2n) is 6.18. The smallest absolute Gasteiger partial charge is 0.118 e. The Morgan fingerprint density at radius 3 is 1.89 bits per heavy atom. The molecule has 0 aliphatic rings. The molecule has 0 saturated heterocycles. The lowest BCUT2D eigenvalue weighted by atomic mass is 9.98. The zero-order valence-electron chi connectivity index (χ0n) is 15.1. The van der Waals surface area contributed by atoms with E-state index in [4.69, 9.17) is 27.9 Å². The van der Waals surface area contributed by atoms with E-state index >= 15 is 0 Å². The maximum atomic E-state index is 6.44. The van der Waals surface area contributed by atoms with Gasteiger partial charge in [-0.2, -0.15) is 0 Å². The van der Waals surface area contributed by atoms with Crippen molar-refractivity contribution in [2.45, 2.75) is 0 Å². The highest BCUT2D eigenvalue weighted by molar-refractivity contribution is 6.33. The molecule has 4 aromatic rings. The van der Waals surface area contributed by atoms with Crippen molar-refractivity contribution in [3.8, 4) is 39.4 Å². The molecule has 138 valence electrons. The molecule has 0 saturated carbocycles. The molecule has 0 bridgehead atoms. The molecule has 4 rings (SSSR count). The lowest BCUT2D eigenvalue weighted by Gasteiger charge is -2.13. The molecular formula is C23H16Cl2N2O. The number of nitrogens with zero attached hydrogens (tertiary/aromatic N) is 2. The quantitative estimate of drug-likeness (QED) is 0.374. The van der Waals surface area contributed by atoms with Gasteiger partial charge in [-0.1, -0.05) is 71.7 Å². The van der Waals surface area contributed by atoms with Gasteiger partial charge in [0.1, 0.15) is 11.4 Å². The second-order valence-corrected chi connectivity index (χ2v) is 6.99. The molecule has 0 atom stereocenters. The van der Waals surface area contributed by atoms with Crippen LogP contribution < -0.4 is 4.74 Å². The first-order chi connectivity index (χ1) is 13.7. The summed E-state index contributed by atoms with van der Waals surface area (Å²) in [5, 5.41) is 10.2. The van der Waals surface area contributed by atoms with E-state index < -0.39 is 0 Å². The van der Waals surface area contributed by atoms with E-state index in [0.29, 0.717) is 21.4 Å². The van der Waals surface area contributed by atoms with E-state index in [0.717, 1.165) is 28.0 Å². The van der Waals surface area contributed by atoms with Crippen LogP contribution in [0, 0.1) is 0 Å². The van der Waals surface area contributed by atoms with E-state index in [2.05, 4.69) is 10.2 Å². The van der Waals surface area contributed by atoms with Crippen molar-refractivity contribution < 1.29 is 4.74 Å². The Morgan fingerprint density at radius 2 is 1.29 bits per heavy atom. The van der Waals surface area contributed by atoms with Crippen LogP contribution in [-0.4, -0.2) is 17.3 Å². The zero-order valence-corrected chi connectivity index (χ0v) is 16.6. The van der Waals surface area contributed by atoms with Gasteiger partial charge in [0.25, 0.3) is 0 Å². The number of aromatic nitrogens is 2. The fourth-order valence-electron chi connectivity index (χ4n) is 3.04. The van der Waals surface area contributed by atoms with Crippen molar-refractivity contribution in [1.82, 2.24) is 10.2 Å². The molecule has 0 N–H and O–H groups in total. The van der Waals surface area contributed by atoms with Gasteiger partial charge in [-0.15, -0.1) is 10.2 Å². The van der Waals surface area contributed by atoms with Crippen molar-refractivity contribution in [1.29, 1.82) is 0 Å². The van der Waals surface area contributed by atoms with Crippen LogP contribution in [0.1, 0.15) is 0 Å². The summed E-state index contributed by atoms with van der Waals surface area (Å²) in [5.74, 6) is 0.788. The van der Waals surface area contributed by atoms with Crippen molar-refractivity contribution in [3.63, 3.8) is 0 Å².